The van der Waals surface area contributed by atoms with Gasteiger partial charge in [-0.2, -0.15) is 0 Å². The van der Waals surface area contributed by atoms with Crippen LogP contribution in [0.15, 0.2) is 84.9 Å². The minimum absolute atomic E-state index is 0.253. The van der Waals surface area contributed by atoms with Crippen LogP contribution in [-0.2, 0) is 19.3 Å². The smallest absolute Gasteiger partial charge is 0.122 e. The molecule has 4 aromatic carbocycles. The Morgan fingerprint density at radius 3 is 1.81 bits per heavy atom. The highest BCUT2D eigenvalue weighted by Gasteiger charge is 2.10. The van der Waals surface area contributed by atoms with Gasteiger partial charge in [0.15, 0.2) is 0 Å². The van der Waals surface area contributed by atoms with E-state index in [1.54, 1.807) is 12.1 Å². The summed E-state index contributed by atoms with van der Waals surface area (Å²) < 4.78 is 0. The van der Waals surface area contributed by atoms with E-state index < -0.39 is 0 Å². The summed E-state index contributed by atoms with van der Waals surface area (Å²) in [7, 11) is 0. The average Bonchev–Trinajstić information content (AvgIpc) is 2.73. The molecule has 0 saturated carbocycles. The number of aryl methyl sites for hydroxylation is 2. The first-order valence-electron chi connectivity index (χ1n) is 10.7. The summed E-state index contributed by atoms with van der Waals surface area (Å²) >= 11 is 0. The number of phenolic OH excluding ortho intramolecular Hbond substituents is 2. The van der Waals surface area contributed by atoms with E-state index in [9.17, 15) is 10.2 Å². The summed E-state index contributed by atoms with van der Waals surface area (Å²) in [5, 5.41) is 20.1. The molecular formula is C29H28O2. The Labute approximate surface area is 184 Å². The minimum Gasteiger partial charge on any atom is -0.508 e. The SMILES string of the molecule is Cc1cc(Cc2ccccc2)cc(Cc2cc(C)c(O)c(Cc3ccc(O)cc3)c2)c1. The van der Waals surface area contributed by atoms with Crippen LogP contribution >= 0.6 is 0 Å². The fraction of sp³-hybridized carbons (Fsp3) is 0.172. The summed E-state index contributed by atoms with van der Waals surface area (Å²) in [5.74, 6) is 0.606. The molecule has 4 aromatic rings. The number of phenols is 2. The maximum absolute atomic E-state index is 10.6. The summed E-state index contributed by atoms with van der Waals surface area (Å²) in [4.78, 5) is 0. The number of aromatic hydroxyl groups is 2. The van der Waals surface area contributed by atoms with Crippen LogP contribution in [0.25, 0.3) is 0 Å². The van der Waals surface area contributed by atoms with Crippen molar-refractivity contribution in [1.29, 1.82) is 0 Å². The third kappa shape index (κ3) is 5.35. The molecule has 0 saturated heterocycles. The molecule has 4 rings (SSSR count). The average molecular weight is 409 g/mol. The molecule has 0 bridgehead atoms. The second-order valence-corrected chi connectivity index (χ2v) is 8.43. The zero-order chi connectivity index (χ0) is 21.8. The van der Waals surface area contributed by atoms with Crippen LogP contribution in [0.4, 0.5) is 0 Å². The molecule has 2 N–H and O–H groups in total. The molecule has 0 aliphatic carbocycles. The molecule has 2 heteroatoms. The number of benzene rings is 4. The van der Waals surface area contributed by atoms with Crippen molar-refractivity contribution in [3.63, 3.8) is 0 Å². The molecule has 156 valence electrons. The maximum Gasteiger partial charge on any atom is 0.122 e. The second kappa shape index (κ2) is 9.09. The van der Waals surface area contributed by atoms with Crippen molar-refractivity contribution in [2.24, 2.45) is 0 Å². The Morgan fingerprint density at radius 2 is 1.13 bits per heavy atom. The standard InChI is InChI=1S/C29H28O2/c1-20-12-24(15-22-6-4-3-5-7-22)16-25(13-20)17-26-14-21(2)29(31)27(19-26)18-23-8-10-28(30)11-9-23/h3-14,16,19,30-31H,15,17-18H2,1-2H3. The summed E-state index contributed by atoms with van der Waals surface area (Å²) in [6.45, 7) is 4.10. The van der Waals surface area contributed by atoms with Gasteiger partial charge < -0.3 is 10.2 Å². The number of hydrogen-bond donors (Lipinski definition) is 2. The minimum atomic E-state index is 0.253. The van der Waals surface area contributed by atoms with E-state index in [2.05, 4.69) is 61.5 Å². The first kappa shape index (κ1) is 20.7. The van der Waals surface area contributed by atoms with E-state index in [1.807, 2.05) is 25.1 Å². The van der Waals surface area contributed by atoms with Gasteiger partial charge in [0.05, 0.1) is 0 Å². The first-order valence-corrected chi connectivity index (χ1v) is 10.7. The van der Waals surface area contributed by atoms with Gasteiger partial charge in [-0.05, 0) is 77.8 Å². The monoisotopic (exact) mass is 408 g/mol. The van der Waals surface area contributed by atoms with Crippen molar-refractivity contribution in [3.05, 3.63) is 129 Å². The third-order valence-corrected chi connectivity index (χ3v) is 5.63. The van der Waals surface area contributed by atoms with Crippen molar-refractivity contribution in [2.45, 2.75) is 33.1 Å². The normalized spacial score (nSPS) is 10.9. The van der Waals surface area contributed by atoms with Gasteiger partial charge in [0.1, 0.15) is 11.5 Å². The zero-order valence-electron chi connectivity index (χ0n) is 18.1. The summed E-state index contributed by atoms with van der Waals surface area (Å²) in [5.41, 5.74) is 9.25. The molecule has 0 aromatic heterocycles. The zero-order valence-corrected chi connectivity index (χ0v) is 18.1. The van der Waals surface area contributed by atoms with E-state index in [0.717, 1.165) is 29.5 Å². The van der Waals surface area contributed by atoms with Crippen LogP contribution in [0.3, 0.4) is 0 Å². The fourth-order valence-corrected chi connectivity index (χ4v) is 4.22. The molecule has 0 aliphatic heterocycles. The molecule has 0 spiro atoms. The highest BCUT2D eigenvalue weighted by molar-refractivity contribution is 5.47. The number of rotatable bonds is 6. The highest BCUT2D eigenvalue weighted by atomic mass is 16.3. The first-order chi connectivity index (χ1) is 15.0. The van der Waals surface area contributed by atoms with E-state index >= 15 is 0 Å². The second-order valence-electron chi connectivity index (χ2n) is 8.43. The lowest BCUT2D eigenvalue weighted by Crippen LogP contribution is -1.97. The quantitative estimate of drug-likeness (QED) is 0.383. The van der Waals surface area contributed by atoms with Crippen molar-refractivity contribution in [1.82, 2.24) is 0 Å². The number of hydrogen-bond acceptors (Lipinski definition) is 2. The van der Waals surface area contributed by atoms with Crippen molar-refractivity contribution >= 4 is 0 Å². The molecule has 0 radical (unpaired) electrons. The van der Waals surface area contributed by atoms with Gasteiger partial charge in [-0.3, -0.25) is 0 Å². The van der Waals surface area contributed by atoms with E-state index in [-0.39, 0.29) is 5.75 Å². The largest absolute Gasteiger partial charge is 0.508 e. The van der Waals surface area contributed by atoms with Crippen molar-refractivity contribution in [3.8, 4) is 11.5 Å². The topological polar surface area (TPSA) is 40.5 Å². The van der Waals surface area contributed by atoms with Crippen LogP contribution in [0, 0.1) is 13.8 Å². The van der Waals surface area contributed by atoms with Gasteiger partial charge in [-0.15, -0.1) is 0 Å². The summed E-state index contributed by atoms with van der Waals surface area (Å²) in [6.07, 6.45) is 2.39. The van der Waals surface area contributed by atoms with Gasteiger partial charge in [0, 0.05) is 6.42 Å². The van der Waals surface area contributed by atoms with Crippen molar-refractivity contribution < 1.29 is 10.2 Å². The molecule has 0 fully saturated rings. The summed E-state index contributed by atoms with van der Waals surface area (Å²) in [6, 6.07) is 28.7. The molecule has 0 aliphatic rings. The van der Waals surface area contributed by atoms with Gasteiger partial charge in [-0.25, -0.2) is 0 Å². The van der Waals surface area contributed by atoms with Gasteiger partial charge in [0.2, 0.25) is 0 Å². The van der Waals surface area contributed by atoms with Crippen LogP contribution in [0.2, 0.25) is 0 Å². The van der Waals surface area contributed by atoms with Gasteiger partial charge in [0.25, 0.3) is 0 Å². The van der Waals surface area contributed by atoms with E-state index in [0.29, 0.717) is 12.2 Å². The lowest BCUT2D eigenvalue weighted by atomic mass is 9.93. The van der Waals surface area contributed by atoms with Crippen molar-refractivity contribution in [2.75, 3.05) is 0 Å². The fourth-order valence-electron chi connectivity index (χ4n) is 4.22. The third-order valence-electron chi connectivity index (χ3n) is 5.63. The van der Waals surface area contributed by atoms with Crippen LogP contribution < -0.4 is 0 Å². The van der Waals surface area contributed by atoms with E-state index in [4.69, 9.17) is 0 Å². The lowest BCUT2D eigenvalue weighted by molar-refractivity contribution is 0.465. The van der Waals surface area contributed by atoms with Crippen LogP contribution in [-0.4, -0.2) is 10.2 Å². The highest BCUT2D eigenvalue weighted by Crippen LogP contribution is 2.28. The van der Waals surface area contributed by atoms with Crippen LogP contribution in [0.5, 0.6) is 11.5 Å². The molecule has 31 heavy (non-hydrogen) atoms. The lowest BCUT2D eigenvalue weighted by Gasteiger charge is -2.13. The molecule has 2 nitrogen and oxygen atoms in total. The van der Waals surface area contributed by atoms with Gasteiger partial charge >= 0.3 is 0 Å². The molecule has 0 heterocycles. The predicted molar refractivity (Wildman–Crippen MR) is 127 cm³/mol. The Bertz CT molecular complexity index is 1180. The molecule has 0 unspecified atom stereocenters. The van der Waals surface area contributed by atoms with Gasteiger partial charge in [-0.1, -0.05) is 78.4 Å². The molecule has 0 amide bonds. The molecule has 0 atom stereocenters. The Balaban J connectivity index is 1.59. The Hall–Kier alpha value is -3.52. The Morgan fingerprint density at radius 1 is 0.548 bits per heavy atom. The van der Waals surface area contributed by atoms with Crippen LogP contribution in [0.1, 0.15) is 44.5 Å². The predicted octanol–water partition coefficient (Wildman–Crippen LogP) is 6.49. The van der Waals surface area contributed by atoms with E-state index in [1.165, 1.54) is 27.8 Å². The Kier molecular flexibility index (Phi) is 6.08. The maximum atomic E-state index is 10.6. The molecular weight excluding hydrogens is 380 g/mol.